The van der Waals surface area contributed by atoms with E-state index in [0.29, 0.717) is 6.61 Å². The molecule has 0 spiro atoms. The fourth-order valence-electron chi connectivity index (χ4n) is 1.58. The predicted octanol–water partition coefficient (Wildman–Crippen LogP) is 1.33. The van der Waals surface area contributed by atoms with Crippen LogP contribution in [-0.4, -0.2) is 36.2 Å². The molecule has 0 amide bonds. The average Bonchev–Trinajstić information content (AvgIpc) is 2.85. The molecule has 1 fully saturated rings. The molecule has 0 bridgehead atoms. The smallest absolute Gasteiger partial charge is 0.205 e. The van der Waals surface area contributed by atoms with Crippen LogP contribution in [0.25, 0.3) is 0 Å². The Kier molecular flexibility index (Phi) is 3.31. The van der Waals surface area contributed by atoms with Crippen LogP contribution in [0.1, 0.15) is 18.7 Å². The van der Waals surface area contributed by atoms with E-state index in [1.807, 2.05) is 0 Å². The number of aromatic nitrogens is 2. The number of rotatable bonds is 4. The molecule has 0 aromatic carbocycles. The van der Waals surface area contributed by atoms with Gasteiger partial charge in [-0.1, -0.05) is 0 Å². The zero-order chi connectivity index (χ0) is 9.80. The van der Waals surface area contributed by atoms with E-state index >= 15 is 0 Å². The van der Waals surface area contributed by atoms with Crippen molar-refractivity contribution < 1.29 is 4.74 Å². The van der Waals surface area contributed by atoms with Crippen molar-refractivity contribution in [2.45, 2.75) is 19.3 Å². The van der Waals surface area contributed by atoms with Crippen LogP contribution < -0.4 is 4.90 Å². The largest absolute Gasteiger partial charge is 0.384 e. The Bertz CT molecular complexity index is 283. The summed E-state index contributed by atoms with van der Waals surface area (Å²) in [7, 11) is 1.70. The summed E-state index contributed by atoms with van der Waals surface area (Å²) in [5.74, 6) is 0.916. The van der Waals surface area contributed by atoms with Gasteiger partial charge in [-0.25, -0.2) is 4.98 Å². The first-order valence-corrected chi connectivity index (χ1v) is 5.74. The van der Waals surface area contributed by atoms with Gasteiger partial charge in [0.15, 0.2) is 0 Å². The minimum atomic E-state index is 0.705. The third-order valence-electron chi connectivity index (χ3n) is 2.36. The van der Waals surface area contributed by atoms with Crippen LogP contribution in [0.4, 0.5) is 5.13 Å². The van der Waals surface area contributed by atoms with Crippen molar-refractivity contribution >= 4 is 16.7 Å². The van der Waals surface area contributed by atoms with Crippen molar-refractivity contribution in [3.8, 4) is 0 Å². The van der Waals surface area contributed by atoms with Gasteiger partial charge in [-0.15, -0.1) is 0 Å². The van der Waals surface area contributed by atoms with Crippen molar-refractivity contribution in [3.05, 3.63) is 5.82 Å². The van der Waals surface area contributed by atoms with Crippen LogP contribution in [-0.2, 0) is 11.2 Å². The van der Waals surface area contributed by atoms with E-state index in [1.54, 1.807) is 7.11 Å². The van der Waals surface area contributed by atoms with E-state index < -0.39 is 0 Å². The second kappa shape index (κ2) is 4.70. The molecule has 0 radical (unpaired) electrons. The molecular formula is C9H15N3OS. The third kappa shape index (κ3) is 2.22. The summed E-state index contributed by atoms with van der Waals surface area (Å²) < 4.78 is 9.30. The highest BCUT2D eigenvalue weighted by molar-refractivity contribution is 7.09. The molecule has 1 aliphatic heterocycles. The number of ether oxygens (including phenoxy) is 1. The molecule has 0 unspecified atom stereocenters. The lowest BCUT2D eigenvalue weighted by atomic mass is 10.4. The van der Waals surface area contributed by atoms with Gasteiger partial charge in [-0.3, -0.25) is 0 Å². The van der Waals surface area contributed by atoms with E-state index in [4.69, 9.17) is 4.74 Å². The Balaban J connectivity index is 1.94. The molecule has 1 saturated heterocycles. The lowest BCUT2D eigenvalue weighted by Crippen LogP contribution is -2.17. The highest BCUT2D eigenvalue weighted by Crippen LogP contribution is 2.21. The van der Waals surface area contributed by atoms with Crippen molar-refractivity contribution in [1.82, 2.24) is 9.36 Å². The Hall–Kier alpha value is -0.680. The summed E-state index contributed by atoms with van der Waals surface area (Å²) in [5, 5.41) is 1.08. The zero-order valence-corrected chi connectivity index (χ0v) is 9.22. The molecule has 0 N–H and O–H groups in total. The first kappa shape index (κ1) is 9.86. The van der Waals surface area contributed by atoms with Gasteiger partial charge in [0.25, 0.3) is 0 Å². The van der Waals surface area contributed by atoms with E-state index in [0.717, 1.165) is 30.5 Å². The van der Waals surface area contributed by atoms with Crippen LogP contribution in [0.2, 0.25) is 0 Å². The van der Waals surface area contributed by atoms with Crippen molar-refractivity contribution in [1.29, 1.82) is 0 Å². The molecule has 1 aliphatic rings. The summed E-state index contributed by atoms with van der Waals surface area (Å²) >= 11 is 1.51. The van der Waals surface area contributed by atoms with E-state index in [2.05, 4.69) is 14.3 Å². The Labute approximate surface area is 88.1 Å². The molecule has 4 nitrogen and oxygen atoms in total. The first-order chi connectivity index (χ1) is 6.90. The second-order valence-electron chi connectivity index (χ2n) is 3.43. The third-order valence-corrected chi connectivity index (χ3v) is 3.18. The second-order valence-corrected chi connectivity index (χ2v) is 4.16. The number of methoxy groups -OCH3 is 1. The lowest BCUT2D eigenvalue weighted by Gasteiger charge is -2.11. The maximum absolute atomic E-state index is 4.99. The average molecular weight is 213 g/mol. The molecule has 2 heterocycles. The molecule has 1 aromatic heterocycles. The van der Waals surface area contributed by atoms with E-state index in [1.165, 1.54) is 24.4 Å². The molecule has 0 atom stereocenters. The number of hydrogen-bond acceptors (Lipinski definition) is 5. The highest BCUT2D eigenvalue weighted by Gasteiger charge is 2.16. The van der Waals surface area contributed by atoms with E-state index in [-0.39, 0.29) is 0 Å². The number of hydrogen-bond donors (Lipinski definition) is 0. The van der Waals surface area contributed by atoms with E-state index in [9.17, 15) is 0 Å². The monoisotopic (exact) mass is 213 g/mol. The molecule has 0 aliphatic carbocycles. The minimum Gasteiger partial charge on any atom is -0.384 e. The lowest BCUT2D eigenvalue weighted by molar-refractivity contribution is 0.201. The standard InChI is InChI=1S/C9H15N3OS/c1-13-7-4-8-10-9(14-11-8)12-5-2-3-6-12/h2-7H2,1H3. The number of nitrogens with zero attached hydrogens (tertiary/aromatic N) is 3. The predicted molar refractivity (Wildman–Crippen MR) is 56.9 cm³/mol. The molecule has 1 aromatic rings. The van der Waals surface area contributed by atoms with Crippen LogP contribution in [0.5, 0.6) is 0 Å². The molecule has 0 saturated carbocycles. The number of anilines is 1. The fourth-order valence-corrected chi connectivity index (χ4v) is 2.34. The van der Waals surface area contributed by atoms with Crippen LogP contribution in [0, 0.1) is 0 Å². The van der Waals surface area contributed by atoms with Crippen molar-refractivity contribution in [2.24, 2.45) is 0 Å². The van der Waals surface area contributed by atoms with Gasteiger partial charge in [0, 0.05) is 38.2 Å². The molecule has 14 heavy (non-hydrogen) atoms. The van der Waals surface area contributed by atoms with Crippen LogP contribution in [0.3, 0.4) is 0 Å². The van der Waals surface area contributed by atoms with Gasteiger partial charge in [0.05, 0.1) is 6.61 Å². The van der Waals surface area contributed by atoms with Gasteiger partial charge in [0.2, 0.25) is 5.13 Å². The summed E-state index contributed by atoms with van der Waals surface area (Å²) in [6, 6.07) is 0. The summed E-state index contributed by atoms with van der Waals surface area (Å²) in [6.07, 6.45) is 3.39. The quantitative estimate of drug-likeness (QED) is 0.756. The Morgan fingerprint density at radius 2 is 2.21 bits per heavy atom. The zero-order valence-electron chi connectivity index (χ0n) is 8.40. The normalized spacial score (nSPS) is 16.5. The SMILES string of the molecule is COCCc1nsc(N2CCCC2)n1. The summed E-state index contributed by atoms with van der Waals surface area (Å²) in [4.78, 5) is 6.80. The molecule has 78 valence electrons. The molecular weight excluding hydrogens is 198 g/mol. The van der Waals surface area contributed by atoms with Gasteiger partial charge in [-0.2, -0.15) is 4.37 Å². The van der Waals surface area contributed by atoms with Gasteiger partial charge < -0.3 is 9.64 Å². The molecule has 5 heteroatoms. The summed E-state index contributed by atoms with van der Waals surface area (Å²) in [6.45, 7) is 2.98. The van der Waals surface area contributed by atoms with Gasteiger partial charge in [0.1, 0.15) is 5.82 Å². The van der Waals surface area contributed by atoms with Crippen LogP contribution in [0.15, 0.2) is 0 Å². The maximum atomic E-state index is 4.99. The minimum absolute atomic E-state index is 0.705. The summed E-state index contributed by atoms with van der Waals surface area (Å²) in [5.41, 5.74) is 0. The Morgan fingerprint density at radius 1 is 1.43 bits per heavy atom. The van der Waals surface area contributed by atoms with Crippen molar-refractivity contribution in [3.63, 3.8) is 0 Å². The van der Waals surface area contributed by atoms with Gasteiger partial charge >= 0.3 is 0 Å². The first-order valence-electron chi connectivity index (χ1n) is 4.96. The van der Waals surface area contributed by atoms with Crippen molar-refractivity contribution in [2.75, 3.05) is 31.7 Å². The maximum Gasteiger partial charge on any atom is 0.205 e. The van der Waals surface area contributed by atoms with Crippen LogP contribution >= 0.6 is 11.5 Å². The fraction of sp³-hybridized carbons (Fsp3) is 0.778. The van der Waals surface area contributed by atoms with Gasteiger partial charge in [-0.05, 0) is 12.8 Å². The Morgan fingerprint density at radius 3 is 2.93 bits per heavy atom. The highest BCUT2D eigenvalue weighted by atomic mass is 32.1. The molecule has 2 rings (SSSR count). The topological polar surface area (TPSA) is 38.2 Å².